The maximum absolute atomic E-state index is 12.6. The Balaban J connectivity index is 1.50. The summed E-state index contributed by atoms with van der Waals surface area (Å²) in [4.78, 5) is 16.2. The van der Waals surface area contributed by atoms with Crippen LogP contribution in [-0.2, 0) is 21.2 Å². The minimum Gasteiger partial charge on any atom is -0.342 e. The molecule has 27 heavy (non-hydrogen) atoms. The molecule has 0 aliphatic carbocycles. The van der Waals surface area contributed by atoms with Gasteiger partial charge in [0.15, 0.2) is 0 Å². The zero-order valence-corrected chi connectivity index (χ0v) is 17.0. The summed E-state index contributed by atoms with van der Waals surface area (Å²) in [6.45, 7) is 6.16. The van der Waals surface area contributed by atoms with Crippen molar-refractivity contribution >= 4 is 15.9 Å². The fourth-order valence-corrected chi connectivity index (χ4v) is 4.96. The zero-order valence-electron chi connectivity index (χ0n) is 16.2. The number of benzene rings is 1. The molecule has 0 radical (unpaired) electrons. The number of hydrogen-bond acceptors (Lipinski definition) is 4. The first-order valence-corrected chi connectivity index (χ1v) is 11.5. The Morgan fingerprint density at radius 3 is 2.37 bits per heavy atom. The number of rotatable bonds is 8. The number of piperidine rings is 1. The van der Waals surface area contributed by atoms with E-state index in [2.05, 4.69) is 16.5 Å². The van der Waals surface area contributed by atoms with Gasteiger partial charge in [0.05, 0.1) is 4.90 Å². The normalized spacial score (nSPS) is 20.2. The van der Waals surface area contributed by atoms with Crippen LogP contribution in [-0.4, -0.2) is 62.9 Å². The fraction of sp³-hybridized carbons (Fsp3) is 0.650. The molecule has 1 aromatic carbocycles. The minimum absolute atomic E-state index is 0.206. The van der Waals surface area contributed by atoms with Gasteiger partial charge in [0, 0.05) is 32.1 Å². The number of carbonyl (C=O) groups excluding carboxylic acids is 1. The van der Waals surface area contributed by atoms with Crippen LogP contribution in [0.1, 0.15) is 44.6 Å². The molecule has 7 heteroatoms. The number of nitrogens with zero attached hydrogens (tertiary/aromatic N) is 2. The van der Waals surface area contributed by atoms with Gasteiger partial charge in [-0.1, -0.05) is 18.6 Å². The molecule has 2 aliphatic heterocycles. The Morgan fingerprint density at radius 2 is 1.74 bits per heavy atom. The minimum atomic E-state index is -3.49. The van der Waals surface area contributed by atoms with E-state index >= 15 is 0 Å². The van der Waals surface area contributed by atoms with E-state index in [9.17, 15) is 13.2 Å². The van der Waals surface area contributed by atoms with Crippen LogP contribution in [0.15, 0.2) is 29.2 Å². The number of nitrogens with one attached hydrogen (secondary N) is 1. The standard InChI is InChI=1S/C20H31N3O3S/c1-17(22-12-3-2-4-13-22)16-21-27(25,26)19-9-7-18(8-10-19)11-15-23-14-5-6-20(23)24/h7-10,17,21H,2-6,11-16H2,1H3. The van der Waals surface area contributed by atoms with E-state index in [-0.39, 0.29) is 11.9 Å². The third-order valence-corrected chi connectivity index (χ3v) is 7.10. The highest BCUT2D eigenvalue weighted by atomic mass is 32.2. The summed E-state index contributed by atoms with van der Waals surface area (Å²) in [5.74, 6) is 0.223. The van der Waals surface area contributed by atoms with Crippen LogP contribution in [0.2, 0.25) is 0 Å². The van der Waals surface area contributed by atoms with Crippen LogP contribution in [0.4, 0.5) is 0 Å². The van der Waals surface area contributed by atoms with Crippen molar-refractivity contribution in [3.8, 4) is 0 Å². The van der Waals surface area contributed by atoms with Gasteiger partial charge in [-0.2, -0.15) is 0 Å². The third-order valence-electron chi connectivity index (χ3n) is 5.66. The van der Waals surface area contributed by atoms with Gasteiger partial charge in [-0.05, 0) is 63.4 Å². The van der Waals surface area contributed by atoms with Crippen molar-refractivity contribution in [2.45, 2.75) is 56.4 Å². The molecule has 1 unspecified atom stereocenters. The van der Waals surface area contributed by atoms with Crippen molar-refractivity contribution in [1.82, 2.24) is 14.5 Å². The Kier molecular flexibility index (Phi) is 6.89. The molecule has 0 spiro atoms. The van der Waals surface area contributed by atoms with Gasteiger partial charge in [0.25, 0.3) is 0 Å². The molecule has 2 aliphatic rings. The summed E-state index contributed by atoms with van der Waals surface area (Å²) in [6.07, 6.45) is 6.01. The molecule has 1 amide bonds. The monoisotopic (exact) mass is 393 g/mol. The lowest BCUT2D eigenvalue weighted by molar-refractivity contribution is -0.127. The van der Waals surface area contributed by atoms with Crippen LogP contribution in [0, 0.1) is 0 Å². The van der Waals surface area contributed by atoms with E-state index in [1.165, 1.54) is 19.3 Å². The van der Waals surface area contributed by atoms with Crippen molar-refractivity contribution in [2.75, 3.05) is 32.7 Å². The van der Waals surface area contributed by atoms with E-state index in [1.54, 1.807) is 12.1 Å². The van der Waals surface area contributed by atoms with Gasteiger partial charge in [-0.25, -0.2) is 13.1 Å². The second kappa shape index (κ2) is 9.17. The van der Waals surface area contributed by atoms with Gasteiger partial charge >= 0.3 is 0 Å². The molecule has 1 N–H and O–H groups in total. The van der Waals surface area contributed by atoms with Crippen LogP contribution in [0.5, 0.6) is 0 Å². The van der Waals surface area contributed by atoms with E-state index < -0.39 is 10.0 Å². The molecular formula is C20H31N3O3S. The van der Waals surface area contributed by atoms with Crippen molar-refractivity contribution in [3.05, 3.63) is 29.8 Å². The summed E-state index contributed by atoms with van der Waals surface area (Å²) < 4.78 is 27.9. The van der Waals surface area contributed by atoms with E-state index in [0.717, 1.165) is 38.0 Å². The van der Waals surface area contributed by atoms with Gasteiger partial charge in [0.1, 0.15) is 0 Å². The van der Waals surface area contributed by atoms with E-state index in [1.807, 2.05) is 17.0 Å². The number of hydrogen-bond donors (Lipinski definition) is 1. The fourth-order valence-electron chi connectivity index (χ4n) is 3.84. The van der Waals surface area contributed by atoms with Crippen molar-refractivity contribution in [2.24, 2.45) is 0 Å². The molecular weight excluding hydrogens is 362 g/mol. The second-order valence-electron chi connectivity index (χ2n) is 7.68. The zero-order chi connectivity index (χ0) is 19.3. The first-order valence-electron chi connectivity index (χ1n) is 10.1. The molecule has 0 aromatic heterocycles. The van der Waals surface area contributed by atoms with Crippen LogP contribution in [0.25, 0.3) is 0 Å². The summed E-state index contributed by atoms with van der Waals surface area (Å²) in [6, 6.07) is 7.23. The number of likely N-dealkylation sites (tertiary alicyclic amines) is 2. The van der Waals surface area contributed by atoms with E-state index in [0.29, 0.717) is 24.4 Å². The SMILES string of the molecule is CC(CNS(=O)(=O)c1ccc(CCN2CCCC2=O)cc1)N1CCCCC1. The molecule has 0 bridgehead atoms. The van der Waals surface area contributed by atoms with Crippen molar-refractivity contribution < 1.29 is 13.2 Å². The predicted octanol–water partition coefficient (Wildman–Crippen LogP) is 2.00. The molecule has 2 heterocycles. The highest BCUT2D eigenvalue weighted by Crippen LogP contribution is 2.15. The molecule has 150 valence electrons. The quantitative estimate of drug-likeness (QED) is 0.733. The predicted molar refractivity (Wildman–Crippen MR) is 106 cm³/mol. The number of sulfonamides is 1. The van der Waals surface area contributed by atoms with Gasteiger partial charge in [-0.15, -0.1) is 0 Å². The lowest BCUT2D eigenvalue weighted by Crippen LogP contribution is -2.44. The lowest BCUT2D eigenvalue weighted by Gasteiger charge is -2.32. The molecule has 1 aromatic rings. The van der Waals surface area contributed by atoms with Crippen LogP contribution < -0.4 is 4.72 Å². The molecule has 2 fully saturated rings. The number of amides is 1. The van der Waals surface area contributed by atoms with Crippen LogP contribution in [0.3, 0.4) is 0 Å². The third kappa shape index (κ3) is 5.53. The Labute approximate surface area is 163 Å². The molecule has 2 saturated heterocycles. The number of carbonyl (C=O) groups is 1. The Bertz CT molecular complexity index is 727. The topological polar surface area (TPSA) is 69.7 Å². The first-order chi connectivity index (χ1) is 13.0. The average molecular weight is 394 g/mol. The Morgan fingerprint density at radius 1 is 1.04 bits per heavy atom. The summed E-state index contributed by atoms with van der Waals surface area (Å²) in [5.41, 5.74) is 1.05. The molecule has 6 nitrogen and oxygen atoms in total. The lowest BCUT2D eigenvalue weighted by atomic mass is 10.1. The van der Waals surface area contributed by atoms with Gasteiger partial charge < -0.3 is 4.90 Å². The molecule has 0 saturated carbocycles. The summed E-state index contributed by atoms with van der Waals surface area (Å²) in [7, 11) is -3.49. The van der Waals surface area contributed by atoms with Gasteiger partial charge in [0.2, 0.25) is 15.9 Å². The maximum atomic E-state index is 12.6. The molecule has 3 rings (SSSR count). The smallest absolute Gasteiger partial charge is 0.240 e. The van der Waals surface area contributed by atoms with Crippen LogP contribution >= 0.6 is 0 Å². The molecule has 1 atom stereocenters. The highest BCUT2D eigenvalue weighted by Gasteiger charge is 2.21. The average Bonchev–Trinajstić information content (AvgIpc) is 3.10. The second-order valence-corrected chi connectivity index (χ2v) is 9.44. The highest BCUT2D eigenvalue weighted by molar-refractivity contribution is 7.89. The summed E-state index contributed by atoms with van der Waals surface area (Å²) in [5, 5.41) is 0. The van der Waals surface area contributed by atoms with Gasteiger partial charge in [-0.3, -0.25) is 9.69 Å². The summed E-state index contributed by atoms with van der Waals surface area (Å²) >= 11 is 0. The van der Waals surface area contributed by atoms with Crippen molar-refractivity contribution in [1.29, 1.82) is 0 Å². The maximum Gasteiger partial charge on any atom is 0.240 e. The largest absolute Gasteiger partial charge is 0.342 e. The Hall–Kier alpha value is -1.44. The van der Waals surface area contributed by atoms with E-state index in [4.69, 9.17) is 0 Å². The first kappa shape index (κ1) is 20.3. The van der Waals surface area contributed by atoms with Crippen molar-refractivity contribution in [3.63, 3.8) is 0 Å².